The molecule has 0 saturated carbocycles. The fourth-order valence-electron chi connectivity index (χ4n) is 2.25. The maximum absolute atomic E-state index is 12.7. The van der Waals surface area contributed by atoms with E-state index in [-0.39, 0.29) is 11.2 Å². The first kappa shape index (κ1) is 13.1. The van der Waals surface area contributed by atoms with Gasteiger partial charge in [0.05, 0.1) is 11.4 Å². The number of rotatable bonds is 2. The molecule has 0 fully saturated rings. The molecule has 4 nitrogen and oxygen atoms in total. The standard InChI is InChI=1S/C17H14N2O2/c1-13-12-18(14-8-4-2-5-9-14)17(21)19(16(13)20)15-10-6-3-7-11-15/h2-12H,1H3. The molecule has 0 aliphatic carbocycles. The zero-order chi connectivity index (χ0) is 14.8. The Morgan fingerprint density at radius 1 is 0.762 bits per heavy atom. The van der Waals surface area contributed by atoms with Crippen molar-refractivity contribution in [1.82, 2.24) is 9.13 Å². The Balaban J connectivity index is 2.35. The van der Waals surface area contributed by atoms with Gasteiger partial charge in [-0.05, 0) is 31.2 Å². The molecule has 1 heterocycles. The largest absolute Gasteiger partial charge is 0.340 e. The predicted molar refractivity (Wildman–Crippen MR) is 82.4 cm³/mol. The Labute approximate surface area is 121 Å². The SMILES string of the molecule is Cc1cn(-c2ccccc2)c(=O)n(-c2ccccc2)c1=O. The number of nitrogens with zero attached hydrogens (tertiary/aromatic N) is 2. The average Bonchev–Trinajstić information content (AvgIpc) is 2.53. The van der Waals surface area contributed by atoms with E-state index in [2.05, 4.69) is 0 Å². The minimum atomic E-state index is -0.372. The number of hydrogen-bond acceptors (Lipinski definition) is 2. The van der Waals surface area contributed by atoms with Crippen LogP contribution >= 0.6 is 0 Å². The Bertz CT molecular complexity index is 878. The number of benzene rings is 2. The van der Waals surface area contributed by atoms with Crippen molar-refractivity contribution < 1.29 is 0 Å². The fraction of sp³-hybridized carbons (Fsp3) is 0.0588. The van der Waals surface area contributed by atoms with E-state index in [1.807, 2.05) is 36.4 Å². The summed E-state index contributed by atoms with van der Waals surface area (Å²) in [5, 5.41) is 0. The molecule has 0 atom stereocenters. The molecule has 0 aliphatic rings. The summed E-state index contributed by atoms with van der Waals surface area (Å²) in [6.07, 6.45) is 1.58. The highest BCUT2D eigenvalue weighted by atomic mass is 16.2. The first-order valence-electron chi connectivity index (χ1n) is 6.64. The third kappa shape index (κ3) is 2.31. The van der Waals surface area contributed by atoms with Gasteiger partial charge in [-0.15, -0.1) is 0 Å². The summed E-state index contributed by atoms with van der Waals surface area (Å²) < 4.78 is 2.69. The number of aryl methyl sites for hydroxylation is 1. The van der Waals surface area contributed by atoms with Crippen molar-refractivity contribution in [2.75, 3.05) is 0 Å². The summed E-state index contributed by atoms with van der Waals surface area (Å²) in [5.41, 5.74) is 1.15. The second-order valence-electron chi connectivity index (χ2n) is 4.78. The number of para-hydroxylation sites is 2. The molecule has 104 valence electrons. The number of hydrogen-bond donors (Lipinski definition) is 0. The summed E-state index contributed by atoms with van der Waals surface area (Å²) in [4.78, 5) is 25.0. The van der Waals surface area contributed by atoms with Gasteiger partial charge in [0, 0.05) is 11.8 Å². The molecule has 0 bridgehead atoms. The molecule has 0 amide bonds. The van der Waals surface area contributed by atoms with Gasteiger partial charge in [0.25, 0.3) is 5.56 Å². The van der Waals surface area contributed by atoms with Crippen molar-refractivity contribution in [3.8, 4) is 11.4 Å². The Hall–Kier alpha value is -2.88. The molecule has 1 aromatic heterocycles. The van der Waals surface area contributed by atoms with Crippen LogP contribution in [-0.2, 0) is 0 Å². The molecular formula is C17H14N2O2. The lowest BCUT2D eigenvalue weighted by atomic mass is 10.3. The summed E-state index contributed by atoms with van der Waals surface area (Å²) in [5.74, 6) is 0. The van der Waals surface area contributed by atoms with Gasteiger partial charge in [-0.3, -0.25) is 9.36 Å². The van der Waals surface area contributed by atoms with Crippen LogP contribution in [-0.4, -0.2) is 9.13 Å². The van der Waals surface area contributed by atoms with Crippen molar-refractivity contribution >= 4 is 0 Å². The molecule has 3 aromatic rings. The second-order valence-corrected chi connectivity index (χ2v) is 4.78. The van der Waals surface area contributed by atoms with E-state index < -0.39 is 0 Å². The topological polar surface area (TPSA) is 44.0 Å². The molecular weight excluding hydrogens is 264 g/mol. The van der Waals surface area contributed by atoms with Gasteiger partial charge < -0.3 is 0 Å². The second kappa shape index (κ2) is 5.25. The third-order valence-corrected chi connectivity index (χ3v) is 3.31. The maximum atomic E-state index is 12.7. The molecule has 21 heavy (non-hydrogen) atoms. The van der Waals surface area contributed by atoms with Gasteiger partial charge in [-0.25, -0.2) is 9.36 Å². The van der Waals surface area contributed by atoms with E-state index in [4.69, 9.17) is 0 Å². The minimum Gasteiger partial charge on any atom is -0.269 e. The average molecular weight is 278 g/mol. The monoisotopic (exact) mass is 278 g/mol. The maximum Gasteiger partial charge on any atom is 0.340 e. The van der Waals surface area contributed by atoms with Crippen molar-refractivity contribution in [2.24, 2.45) is 0 Å². The van der Waals surface area contributed by atoms with E-state index in [9.17, 15) is 9.59 Å². The quantitative estimate of drug-likeness (QED) is 0.722. The highest BCUT2D eigenvalue weighted by Gasteiger charge is 2.11. The van der Waals surface area contributed by atoms with Crippen LogP contribution in [0, 0.1) is 6.92 Å². The Morgan fingerprint density at radius 3 is 1.86 bits per heavy atom. The van der Waals surface area contributed by atoms with Crippen molar-refractivity contribution in [3.63, 3.8) is 0 Å². The first-order chi connectivity index (χ1) is 10.2. The van der Waals surface area contributed by atoms with Gasteiger partial charge in [-0.1, -0.05) is 36.4 Å². The number of aromatic nitrogens is 2. The smallest absolute Gasteiger partial charge is 0.269 e. The predicted octanol–water partition coefficient (Wildman–Crippen LogP) is 2.30. The Kier molecular flexibility index (Phi) is 3.28. The van der Waals surface area contributed by atoms with Gasteiger partial charge >= 0.3 is 5.69 Å². The lowest BCUT2D eigenvalue weighted by Gasteiger charge is -2.11. The van der Waals surface area contributed by atoms with Crippen LogP contribution in [0.4, 0.5) is 0 Å². The lowest BCUT2D eigenvalue weighted by Crippen LogP contribution is -2.38. The van der Waals surface area contributed by atoms with Crippen LogP contribution in [0.25, 0.3) is 11.4 Å². The molecule has 4 heteroatoms. The van der Waals surface area contributed by atoms with Crippen LogP contribution in [0.2, 0.25) is 0 Å². The highest BCUT2D eigenvalue weighted by molar-refractivity contribution is 5.35. The molecule has 0 radical (unpaired) electrons. The molecule has 3 rings (SSSR count). The molecule has 0 spiro atoms. The molecule has 0 aliphatic heterocycles. The third-order valence-electron chi connectivity index (χ3n) is 3.31. The molecule has 0 unspecified atom stereocenters. The minimum absolute atomic E-state index is 0.293. The molecule has 2 aromatic carbocycles. The normalized spacial score (nSPS) is 10.5. The molecule has 0 saturated heterocycles. The fourth-order valence-corrected chi connectivity index (χ4v) is 2.25. The van der Waals surface area contributed by atoms with Gasteiger partial charge in [0.15, 0.2) is 0 Å². The van der Waals surface area contributed by atoms with Crippen molar-refractivity contribution in [2.45, 2.75) is 6.92 Å². The van der Waals surface area contributed by atoms with Crippen LogP contribution < -0.4 is 11.2 Å². The van der Waals surface area contributed by atoms with Crippen LogP contribution in [0.5, 0.6) is 0 Å². The van der Waals surface area contributed by atoms with E-state index in [1.54, 1.807) is 37.4 Å². The molecule has 0 N–H and O–H groups in total. The Morgan fingerprint density at radius 2 is 1.29 bits per heavy atom. The van der Waals surface area contributed by atoms with E-state index >= 15 is 0 Å². The van der Waals surface area contributed by atoms with E-state index in [0.29, 0.717) is 11.3 Å². The summed E-state index contributed by atoms with van der Waals surface area (Å²) >= 11 is 0. The van der Waals surface area contributed by atoms with Gasteiger partial charge in [0.2, 0.25) is 0 Å². The van der Waals surface area contributed by atoms with Crippen LogP contribution in [0.1, 0.15) is 5.56 Å². The summed E-state index contributed by atoms with van der Waals surface area (Å²) in [7, 11) is 0. The van der Waals surface area contributed by atoms with Crippen molar-refractivity contribution in [3.05, 3.63) is 93.3 Å². The summed E-state index contributed by atoms with van der Waals surface area (Å²) in [6.45, 7) is 1.71. The lowest BCUT2D eigenvalue weighted by molar-refractivity contribution is 0.789. The van der Waals surface area contributed by atoms with Gasteiger partial charge in [-0.2, -0.15) is 0 Å². The first-order valence-corrected chi connectivity index (χ1v) is 6.64. The van der Waals surface area contributed by atoms with Crippen molar-refractivity contribution in [1.29, 1.82) is 0 Å². The highest BCUT2D eigenvalue weighted by Crippen LogP contribution is 2.06. The zero-order valence-electron chi connectivity index (χ0n) is 11.6. The zero-order valence-corrected chi connectivity index (χ0v) is 11.6. The van der Waals surface area contributed by atoms with E-state index in [1.165, 1.54) is 9.13 Å². The van der Waals surface area contributed by atoms with Gasteiger partial charge in [0.1, 0.15) is 0 Å². The van der Waals surface area contributed by atoms with Crippen LogP contribution in [0.3, 0.4) is 0 Å². The van der Waals surface area contributed by atoms with E-state index in [0.717, 1.165) is 5.69 Å². The summed E-state index contributed by atoms with van der Waals surface area (Å²) in [6, 6.07) is 18.2. The van der Waals surface area contributed by atoms with Crippen LogP contribution in [0.15, 0.2) is 76.4 Å².